The first-order valence-corrected chi connectivity index (χ1v) is 13.6. The van der Waals surface area contributed by atoms with Crippen molar-refractivity contribution in [3.05, 3.63) is 125 Å². The lowest BCUT2D eigenvalue weighted by Gasteiger charge is -2.25. The van der Waals surface area contributed by atoms with Gasteiger partial charge in [-0.15, -0.1) is 0 Å². The summed E-state index contributed by atoms with van der Waals surface area (Å²) in [5, 5.41) is 13.9. The van der Waals surface area contributed by atoms with E-state index in [0.29, 0.717) is 40.4 Å². The van der Waals surface area contributed by atoms with Gasteiger partial charge in [0.2, 0.25) is 0 Å². The third-order valence-electron chi connectivity index (χ3n) is 6.84. The summed E-state index contributed by atoms with van der Waals surface area (Å²) in [5.41, 5.74) is 4.13. The van der Waals surface area contributed by atoms with Crippen molar-refractivity contribution in [2.45, 2.75) is 39.4 Å². The van der Waals surface area contributed by atoms with Crippen molar-refractivity contribution in [2.75, 3.05) is 0 Å². The zero-order valence-corrected chi connectivity index (χ0v) is 23.7. The molecule has 5 aromatic rings. The van der Waals surface area contributed by atoms with E-state index in [9.17, 15) is 14.7 Å². The molecule has 1 aromatic heterocycles. The third kappa shape index (κ3) is 6.25. The second kappa shape index (κ2) is 12.1. The third-order valence-corrected chi connectivity index (χ3v) is 6.84. The van der Waals surface area contributed by atoms with Crippen LogP contribution in [0.15, 0.2) is 102 Å². The van der Waals surface area contributed by atoms with Gasteiger partial charge in [0.1, 0.15) is 31.0 Å². The van der Waals surface area contributed by atoms with E-state index in [-0.39, 0.29) is 23.5 Å². The highest BCUT2D eigenvalue weighted by Crippen LogP contribution is 2.45. The van der Waals surface area contributed by atoms with Crippen LogP contribution in [-0.2, 0) is 18.6 Å². The van der Waals surface area contributed by atoms with Gasteiger partial charge in [0.05, 0.1) is 11.1 Å². The van der Waals surface area contributed by atoms with Crippen molar-refractivity contribution >= 4 is 12.3 Å². The van der Waals surface area contributed by atoms with Crippen molar-refractivity contribution in [1.82, 2.24) is 5.16 Å². The van der Waals surface area contributed by atoms with Gasteiger partial charge in [-0.05, 0) is 28.2 Å². The highest BCUT2D eigenvalue weighted by molar-refractivity contribution is 5.99. The average molecular weight is 562 g/mol. The van der Waals surface area contributed by atoms with Gasteiger partial charge < -0.3 is 19.1 Å². The Balaban J connectivity index is 1.68. The summed E-state index contributed by atoms with van der Waals surface area (Å²) in [5.74, 6) is 0.112. The summed E-state index contributed by atoms with van der Waals surface area (Å²) >= 11 is 0. The first kappa shape index (κ1) is 28.4. The van der Waals surface area contributed by atoms with Gasteiger partial charge in [0.15, 0.2) is 11.5 Å². The Bertz CT molecular complexity index is 1680. The van der Waals surface area contributed by atoms with Gasteiger partial charge in [-0.3, -0.25) is 4.79 Å². The summed E-state index contributed by atoms with van der Waals surface area (Å²) in [6.07, 6.45) is 0.732. The average Bonchev–Trinajstić information content (AvgIpc) is 3.45. The zero-order valence-electron chi connectivity index (χ0n) is 23.7. The lowest BCUT2D eigenvalue weighted by atomic mass is 9.84. The second-order valence-electron chi connectivity index (χ2n) is 10.9. The van der Waals surface area contributed by atoms with Crippen LogP contribution >= 0.6 is 0 Å². The molecule has 212 valence electrons. The first-order chi connectivity index (χ1) is 20.2. The van der Waals surface area contributed by atoms with Crippen molar-refractivity contribution in [1.29, 1.82) is 0 Å². The molecule has 7 heteroatoms. The van der Waals surface area contributed by atoms with E-state index in [0.717, 1.165) is 23.0 Å². The van der Waals surface area contributed by atoms with Crippen molar-refractivity contribution in [3.63, 3.8) is 0 Å². The number of benzene rings is 4. The molecule has 0 saturated carbocycles. The molecule has 0 spiro atoms. The number of nitrogens with zero attached hydrogens (tertiary/aromatic N) is 1. The molecule has 0 atom stereocenters. The number of aromatic carboxylic acids is 1. The van der Waals surface area contributed by atoms with Gasteiger partial charge >= 0.3 is 5.97 Å². The van der Waals surface area contributed by atoms with Crippen LogP contribution in [0.1, 0.15) is 58.3 Å². The summed E-state index contributed by atoms with van der Waals surface area (Å²) in [7, 11) is 0. The molecule has 0 radical (unpaired) electrons. The van der Waals surface area contributed by atoms with E-state index in [2.05, 4.69) is 25.9 Å². The predicted octanol–water partition coefficient (Wildman–Crippen LogP) is 7.97. The minimum atomic E-state index is -1.23. The molecule has 4 aromatic carbocycles. The van der Waals surface area contributed by atoms with Crippen LogP contribution < -0.4 is 9.47 Å². The fraction of sp³-hybridized carbons (Fsp3) is 0.171. The molecule has 7 nitrogen and oxygen atoms in total. The van der Waals surface area contributed by atoms with Gasteiger partial charge in [-0.25, -0.2) is 4.79 Å². The van der Waals surface area contributed by atoms with Crippen molar-refractivity contribution < 1.29 is 28.7 Å². The van der Waals surface area contributed by atoms with E-state index < -0.39 is 5.97 Å². The Labute approximate surface area is 244 Å². The maximum absolute atomic E-state index is 12.2. The van der Waals surface area contributed by atoms with Crippen molar-refractivity contribution in [3.8, 4) is 33.9 Å². The topological polar surface area (TPSA) is 98.9 Å². The molecule has 0 unspecified atom stereocenters. The van der Waals surface area contributed by atoms with Crippen molar-refractivity contribution in [2.24, 2.45) is 0 Å². The molecule has 0 aliphatic heterocycles. The number of aldehydes is 1. The number of hydrogen-bond donors (Lipinski definition) is 1. The SMILES string of the molecule is CC(C)(C)c1cc(-c2onc(C(=O)O)c2-c2ccc(C=O)cc2)c(OCc2ccccc2)cc1OCc1ccccc1. The van der Waals surface area contributed by atoms with Crippen LogP contribution in [0.2, 0.25) is 0 Å². The lowest BCUT2D eigenvalue weighted by molar-refractivity contribution is 0.0686. The number of hydrogen-bond acceptors (Lipinski definition) is 6. The van der Waals surface area contributed by atoms with Crippen LogP contribution in [0.4, 0.5) is 0 Å². The molecule has 5 rings (SSSR count). The molecule has 42 heavy (non-hydrogen) atoms. The Morgan fingerprint density at radius 3 is 1.93 bits per heavy atom. The number of carbonyl (C=O) groups is 2. The Kier molecular flexibility index (Phi) is 8.20. The predicted molar refractivity (Wildman–Crippen MR) is 160 cm³/mol. The minimum Gasteiger partial charge on any atom is -0.488 e. The monoisotopic (exact) mass is 561 g/mol. The highest BCUT2D eigenvalue weighted by Gasteiger charge is 2.29. The lowest BCUT2D eigenvalue weighted by Crippen LogP contribution is -2.14. The molecule has 0 bridgehead atoms. The Morgan fingerprint density at radius 1 is 0.833 bits per heavy atom. The van der Waals surface area contributed by atoms with Gasteiger partial charge in [0.25, 0.3) is 0 Å². The highest BCUT2D eigenvalue weighted by atomic mass is 16.5. The summed E-state index contributed by atoms with van der Waals surface area (Å²) < 4.78 is 18.5. The maximum atomic E-state index is 12.2. The second-order valence-corrected chi connectivity index (χ2v) is 10.9. The first-order valence-electron chi connectivity index (χ1n) is 13.6. The molecular weight excluding hydrogens is 530 g/mol. The van der Waals surface area contributed by atoms with Gasteiger partial charge in [0, 0.05) is 17.2 Å². The summed E-state index contributed by atoms with van der Waals surface area (Å²) in [4.78, 5) is 23.5. The number of carbonyl (C=O) groups excluding carboxylic acids is 1. The molecule has 0 amide bonds. The number of rotatable bonds is 10. The van der Waals surface area contributed by atoms with Gasteiger partial charge in [-0.1, -0.05) is 111 Å². The molecule has 0 fully saturated rings. The summed E-state index contributed by atoms with van der Waals surface area (Å²) in [6, 6.07) is 30.0. The molecule has 0 saturated heterocycles. The van der Waals surface area contributed by atoms with Crippen LogP contribution in [-0.4, -0.2) is 22.5 Å². The largest absolute Gasteiger partial charge is 0.488 e. The van der Waals surface area contributed by atoms with Crippen LogP contribution in [0.25, 0.3) is 22.5 Å². The normalized spacial score (nSPS) is 11.2. The fourth-order valence-corrected chi connectivity index (χ4v) is 4.65. The smallest absolute Gasteiger partial charge is 0.358 e. The van der Waals surface area contributed by atoms with E-state index >= 15 is 0 Å². The number of aromatic nitrogens is 1. The number of ether oxygens (including phenoxy) is 2. The number of carboxylic acids is 1. The maximum Gasteiger partial charge on any atom is 0.358 e. The van der Waals surface area contributed by atoms with Crippen LogP contribution in [0.5, 0.6) is 11.5 Å². The Hall–Kier alpha value is -5.17. The van der Waals surface area contributed by atoms with E-state index in [1.807, 2.05) is 72.8 Å². The quantitative estimate of drug-likeness (QED) is 0.173. The Morgan fingerprint density at radius 2 is 1.40 bits per heavy atom. The van der Waals surface area contributed by atoms with Crippen LogP contribution in [0, 0.1) is 0 Å². The van der Waals surface area contributed by atoms with E-state index in [4.69, 9.17) is 14.0 Å². The van der Waals surface area contributed by atoms with E-state index in [1.54, 1.807) is 24.3 Å². The molecule has 1 heterocycles. The molecule has 0 aliphatic carbocycles. The molecule has 1 N–H and O–H groups in total. The minimum absolute atomic E-state index is 0.237. The standard InChI is InChI=1S/C35H31NO6/c1-35(2,3)28-18-27(33-31(32(34(38)39)36-42-33)26-16-14-23(20-37)15-17-26)29(40-21-24-10-6-4-7-11-24)19-30(28)41-22-25-12-8-5-9-13-25/h4-20H,21-22H2,1-3H3,(H,38,39). The fourth-order valence-electron chi connectivity index (χ4n) is 4.65. The molecular formula is C35H31NO6. The zero-order chi connectivity index (χ0) is 29.7. The van der Waals surface area contributed by atoms with E-state index in [1.165, 1.54) is 0 Å². The number of carboxylic acid groups (broad SMARTS) is 1. The molecule has 0 aliphatic rings. The van der Waals surface area contributed by atoms with Crippen LogP contribution in [0.3, 0.4) is 0 Å². The summed E-state index contributed by atoms with van der Waals surface area (Å²) in [6.45, 7) is 6.86. The van der Waals surface area contributed by atoms with Gasteiger partial charge in [-0.2, -0.15) is 0 Å².